The fraction of sp³-hybridized carbons (Fsp3) is 1.00. The molecule has 7 heteroatoms. The molecule has 2 atom stereocenters. The summed E-state index contributed by atoms with van der Waals surface area (Å²) < 4.78 is 41.8. The maximum absolute atomic E-state index is 12.1. The Balaban J connectivity index is 4.32. The smallest absolute Gasteiger partial charge is 0.388 e. The molecule has 0 aliphatic rings. The van der Waals surface area contributed by atoms with E-state index in [-0.39, 0.29) is 6.04 Å². The average Bonchev–Trinajstić information content (AvgIpc) is 1.96. The summed E-state index contributed by atoms with van der Waals surface area (Å²) in [6.45, 7) is 9.08. The first-order valence-corrected chi connectivity index (χ1v) is 11.4. The molecule has 2 unspecified atom stereocenters. The van der Waals surface area contributed by atoms with Crippen LogP contribution in [0.5, 0.6) is 0 Å². The van der Waals surface area contributed by atoms with Crippen LogP contribution in [0.4, 0.5) is 13.2 Å². The lowest BCUT2D eigenvalue weighted by Crippen LogP contribution is -2.49. The molecule has 0 amide bonds. The van der Waals surface area contributed by atoms with Crippen LogP contribution in [0.2, 0.25) is 32.2 Å². The third-order valence-electron chi connectivity index (χ3n) is 2.32. The molecule has 0 radical (unpaired) electrons. The Bertz CT molecular complexity index is 224. The molecule has 0 spiro atoms. The van der Waals surface area contributed by atoms with E-state index in [2.05, 4.69) is 0 Å². The minimum absolute atomic E-state index is 0.192. The topological polar surface area (TPSA) is 29.5 Å². The van der Waals surface area contributed by atoms with Crippen molar-refractivity contribution in [2.45, 2.75) is 57.5 Å². The van der Waals surface area contributed by atoms with Gasteiger partial charge in [-0.25, -0.2) is 0 Å². The molecule has 0 aromatic heterocycles. The Kier molecular flexibility index (Phi) is 5.24. The highest BCUT2D eigenvalue weighted by molar-refractivity contribution is 6.75. The molecule has 1 N–H and O–H groups in total. The summed E-state index contributed by atoms with van der Waals surface area (Å²) in [6, 6.07) is -0.192. The highest BCUT2D eigenvalue weighted by Crippen LogP contribution is 2.28. The molecule has 0 fully saturated rings. The van der Waals surface area contributed by atoms with E-state index in [4.69, 9.17) is 4.43 Å². The van der Waals surface area contributed by atoms with Gasteiger partial charge in [0.2, 0.25) is 8.32 Å². The number of alkyl halides is 3. The van der Waals surface area contributed by atoms with Crippen molar-refractivity contribution in [3.8, 4) is 0 Å². The zero-order valence-electron chi connectivity index (χ0n) is 10.5. The van der Waals surface area contributed by atoms with Crippen LogP contribution >= 0.6 is 0 Å². The highest BCUT2D eigenvalue weighted by atomic mass is 28.4. The molecular weight excluding hydrogens is 253 g/mol. The van der Waals surface area contributed by atoms with E-state index in [0.29, 0.717) is 0 Å². The van der Waals surface area contributed by atoms with E-state index < -0.39 is 35.0 Å². The molecule has 0 heterocycles. The second-order valence-corrected chi connectivity index (χ2v) is 13.8. The summed E-state index contributed by atoms with van der Waals surface area (Å²) >= 11 is 0. The lowest BCUT2D eigenvalue weighted by atomic mass is 10.5. The maximum atomic E-state index is 12.1. The van der Waals surface area contributed by atoms with Gasteiger partial charge in [0.1, 0.15) is 0 Å². The van der Waals surface area contributed by atoms with Crippen molar-refractivity contribution in [2.24, 2.45) is 0 Å². The highest BCUT2D eigenvalue weighted by Gasteiger charge is 2.39. The van der Waals surface area contributed by atoms with E-state index in [9.17, 15) is 18.0 Å². The zero-order valence-corrected chi connectivity index (χ0v) is 12.5. The first kappa shape index (κ1) is 16.1. The lowest BCUT2D eigenvalue weighted by molar-refractivity contribution is -0.131. The van der Waals surface area contributed by atoms with Crippen LogP contribution in [0, 0.1) is 0 Å². The van der Waals surface area contributed by atoms with Crippen molar-refractivity contribution >= 4 is 16.6 Å². The van der Waals surface area contributed by atoms with E-state index in [1.54, 1.807) is 6.92 Å². The molecule has 0 bridgehead atoms. The second-order valence-electron chi connectivity index (χ2n) is 5.34. The molecule has 0 saturated carbocycles. The molecule has 16 heavy (non-hydrogen) atoms. The molecule has 0 aromatic rings. The second kappa shape index (κ2) is 5.20. The van der Waals surface area contributed by atoms with Crippen molar-refractivity contribution < 1.29 is 22.4 Å². The summed E-state index contributed by atoms with van der Waals surface area (Å²) in [5, 5.41) is 0. The van der Waals surface area contributed by atoms with Gasteiger partial charge in [0.05, 0.1) is 5.73 Å². The summed E-state index contributed by atoms with van der Waals surface area (Å²) in [5.74, 6) is 0. The molecule has 0 rings (SSSR count). The van der Waals surface area contributed by atoms with Gasteiger partial charge >= 0.3 is 6.18 Å². The number of halogens is 3. The van der Waals surface area contributed by atoms with Gasteiger partial charge in [-0.3, -0.25) is 0 Å². The Hall–Kier alpha value is 0.144. The Morgan fingerprint density at radius 1 is 1.19 bits per heavy atom. The van der Waals surface area contributed by atoms with Gasteiger partial charge < -0.3 is 9.22 Å². The Morgan fingerprint density at radius 3 is 1.94 bits per heavy atom. The van der Waals surface area contributed by atoms with Crippen LogP contribution in [-0.4, -0.2) is 33.3 Å². The number of hydrogen-bond donors (Lipinski definition) is 1. The molecule has 0 aliphatic heterocycles. The van der Waals surface area contributed by atoms with Crippen molar-refractivity contribution in [2.75, 3.05) is 0 Å². The van der Waals surface area contributed by atoms with Crippen LogP contribution in [0.25, 0.3) is 0 Å². The fourth-order valence-electron chi connectivity index (χ4n) is 1.26. The van der Waals surface area contributed by atoms with Gasteiger partial charge in [-0.2, -0.15) is 13.2 Å². The van der Waals surface area contributed by atoms with Crippen molar-refractivity contribution in [1.82, 2.24) is 0 Å². The maximum Gasteiger partial charge on any atom is 0.388 e. The fourth-order valence-corrected chi connectivity index (χ4v) is 5.59. The molecular formula is C9H21F3O2Si2. The standard InChI is InChI=1S/C9H21F3O2Si2/c1-8(14-15(2,3)4)16(5,13)7-6-9(10,11)12/h8,13H,6-7H2,1-5H3. The summed E-state index contributed by atoms with van der Waals surface area (Å²) in [5.41, 5.74) is -0.443. The van der Waals surface area contributed by atoms with Crippen molar-refractivity contribution in [3.63, 3.8) is 0 Å². The van der Waals surface area contributed by atoms with Crippen LogP contribution in [0.15, 0.2) is 0 Å². The van der Waals surface area contributed by atoms with E-state index >= 15 is 0 Å². The molecule has 2 nitrogen and oxygen atoms in total. The lowest BCUT2D eigenvalue weighted by Gasteiger charge is -2.33. The molecule has 0 aliphatic carbocycles. The SMILES string of the molecule is CC(O[Si](C)(C)C)[Si](C)(O)CCC(F)(F)F. The quantitative estimate of drug-likeness (QED) is 0.780. The van der Waals surface area contributed by atoms with Crippen LogP contribution < -0.4 is 0 Å². The third kappa shape index (κ3) is 7.42. The van der Waals surface area contributed by atoms with Gasteiger partial charge in [-0.1, -0.05) is 0 Å². The minimum Gasteiger partial charge on any atom is -0.429 e. The monoisotopic (exact) mass is 274 g/mol. The molecule has 0 saturated heterocycles. The molecule has 98 valence electrons. The van der Waals surface area contributed by atoms with E-state index in [1.165, 1.54) is 6.55 Å². The van der Waals surface area contributed by atoms with Crippen molar-refractivity contribution in [3.05, 3.63) is 0 Å². The van der Waals surface area contributed by atoms with Crippen LogP contribution in [-0.2, 0) is 4.43 Å². The van der Waals surface area contributed by atoms with Gasteiger partial charge in [-0.15, -0.1) is 0 Å². The average molecular weight is 274 g/mol. The van der Waals surface area contributed by atoms with Gasteiger partial charge in [0, 0.05) is 6.42 Å². The minimum atomic E-state index is -4.20. The first-order chi connectivity index (χ1) is 6.83. The van der Waals surface area contributed by atoms with Crippen LogP contribution in [0.3, 0.4) is 0 Å². The predicted molar refractivity (Wildman–Crippen MR) is 63.2 cm³/mol. The van der Waals surface area contributed by atoms with Crippen molar-refractivity contribution in [1.29, 1.82) is 0 Å². The normalized spacial score (nSPS) is 19.3. The predicted octanol–water partition coefficient (Wildman–Crippen LogP) is 3.29. The van der Waals surface area contributed by atoms with E-state index in [0.717, 1.165) is 0 Å². The first-order valence-electron chi connectivity index (χ1n) is 5.30. The third-order valence-corrected chi connectivity index (χ3v) is 6.75. The zero-order chi connectivity index (χ0) is 13.2. The Labute approximate surface area is 97.1 Å². The van der Waals surface area contributed by atoms with Gasteiger partial charge in [0.15, 0.2) is 8.32 Å². The summed E-state index contributed by atoms with van der Waals surface area (Å²) in [7, 11) is -4.75. The van der Waals surface area contributed by atoms with Gasteiger partial charge in [-0.05, 0) is 39.2 Å². The Morgan fingerprint density at radius 2 is 1.62 bits per heavy atom. The largest absolute Gasteiger partial charge is 0.429 e. The van der Waals surface area contributed by atoms with E-state index in [1.807, 2.05) is 19.6 Å². The summed E-state index contributed by atoms with van der Waals surface area (Å²) in [6.07, 6.45) is -5.12. The summed E-state index contributed by atoms with van der Waals surface area (Å²) in [4.78, 5) is 10.0. The van der Waals surface area contributed by atoms with Gasteiger partial charge in [0.25, 0.3) is 0 Å². The van der Waals surface area contributed by atoms with Crippen LogP contribution in [0.1, 0.15) is 13.3 Å². The number of rotatable bonds is 5. The number of hydrogen-bond acceptors (Lipinski definition) is 2. The molecule has 0 aromatic carbocycles.